The second-order valence-electron chi connectivity index (χ2n) is 4.22. The van der Waals surface area contributed by atoms with Crippen LogP contribution in [0.2, 0.25) is 0 Å². The van der Waals surface area contributed by atoms with Gasteiger partial charge in [-0.3, -0.25) is 0 Å². The molecule has 1 heterocycles. The molecule has 1 atom stereocenters. The van der Waals surface area contributed by atoms with Crippen molar-refractivity contribution in [1.82, 2.24) is 9.78 Å². The average molecular weight is 269 g/mol. The third-order valence-corrected chi connectivity index (χ3v) is 2.90. The first-order valence-electron chi connectivity index (χ1n) is 5.91. The van der Waals surface area contributed by atoms with Gasteiger partial charge in [0.25, 0.3) is 0 Å². The highest BCUT2D eigenvalue weighted by Crippen LogP contribution is 2.29. The SMILES string of the molecule is CC[C@@H](N)c1ccccc1-n1ccc(C(F)(F)F)n1. The molecule has 6 heteroatoms. The Balaban J connectivity index is 2.45. The van der Waals surface area contributed by atoms with Crippen LogP contribution in [0.5, 0.6) is 0 Å². The molecule has 0 spiro atoms. The van der Waals surface area contributed by atoms with E-state index in [0.29, 0.717) is 12.1 Å². The van der Waals surface area contributed by atoms with E-state index in [0.717, 1.165) is 11.6 Å². The first kappa shape index (κ1) is 13.6. The van der Waals surface area contributed by atoms with Gasteiger partial charge in [0.15, 0.2) is 5.69 Å². The third kappa shape index (κ3) is 2.78. The Morgan fingerprint density at radius 3 is 2.53 bits per heavy atom. The topological polar surface area (TPSA) is 43.8 Å². The van der Waals surface area contributed by atoms with Gasteiger partial charge in [-0.1, -0.05) is 25.1 Å². The van der Waals surface area contributed by atoms with E-state index in [9.17, 15) is 13.2 Å². The van der Waals surface area contributed by atoms with Crippen molar-refractivity contribution in [2.24, 2.45) is 5.73 Å². The first-order chi connectivity index (χ1) is 8.93. The molecule has 1 aromatic carbocycles. The molecular formula is C13H14F3N3. The number of hydrogen-bond acceptors (Lipinski definition) is 2. The Bertz CT molecular complexity index is 560. The minimum absolute atomic E-state index is 0.227. The smallest absolute Gasteiger partial charge is 0.324 e. The molecule has 2 N–H and O–H groups in total. The molecule has 0 bridgehead atoms. The fourth-order valence-corrected chi connectivity index (χ4v) is 1.84. The van der Waals surface area contributed by atoms with Gasteiger partial charge in [0.05, 0.1) is 5.69 Å². The Morgan fingerprint density at radius 1 is 1.26 bits per heavy atom. The second-order valence-corrected chi connectivity index (χ2v) is 4.22. The van der Waals surface area contributed by atoms with E-state index in [2.05, 4.69) is 5.10 Å². The predicted molar refractivity (Wildman–Crippen MR) is 65.8 cm³/mol. The molecule has 0 saturated heterocycles. The number of nitrogens with zero attached hydrogens (tertiary/aromatic N) is 2. The third-order valence-electron chi connectivity index (χ3n) is 2.90. The molecule has 0 fully saturated rings. The number of para-hydroxylation sites is 1. The van der Waals surface area contributed by atoms with Crippen LogP contribution in [0.1, 0.15) is 30.6 Å². The van der Waals surface area contributed by atoms with Gasteiger partial charge in [0.1, 0.15) is 0 Å². The monoisotopic (exact) mass is 269 g/mol. The molecule has 0 aliphatic heterocycles. The van der Waals surface area contributed by atoms with E-state index in [4.69, 9.17) is 5.73 Å². The van der Waals surface area contributed by atoms with Crippen molar-refractivity contribution >= 4 is 0 Å². The van der Waals surface area contributed by atoms with Gasteiger partial charge in [-0.25, -0.2) is 4.68 Å². The van der Waals surface area contributed by atoms with Gasteiger partial charge in [-0.05, 0) is 24.1 Å². The summed E-state index contributed by atoms with van der Waals surface area (Å²) in [5.74, 6) is 0. The molecule has 0 unspecified atom stereocenters. The largest absolute Gasteiger partial charge is 0.435 e. The van der Waals surface area contributed by atoms with Crippen LogP contribution in [-0.4, -0.2) is 9.78 Å². The highest BCUT2D eigenvalue weighted by molar-refractivity contribution is 5.42. The Kier molecular flexibility index (Phi) is 3.61. The quantitative estimate of drug-likeness (QED) is 0.929. The van der Waals surface area contributed by atoms with Crippen molar-refractivity contribution in [2.75, 3.05) is 0 Å². The van der Waals surface area contributed by atoms with Gasteiger partial charge < -0.3 is 5.73 Å². The fourth-order valence-electron chi connectivity index (χ4n) is 1.84. The molecule has 2 rings (SSSR count). The van der Waals surface area contributed by atoms with Crippen LogP contribution in [0.25, 0.3) is 5.69 Å². The Morgan fingerprint density at radius 2 is 1.95 bits per heavy atom. The standard InChI is InChI=1S/C13H14F3N3/c1-2-10(17)9-5-3-4-6-11(9)19-8-7-12(18-19)13(14,15)16/h3-8,10H,2,17H2,1H3/t10-/m1/s1. The summed E-state index contributed by atoms with van der Waals surface area (Å²) in [6.07, 6.45) is -2.44. The van der Waals surface area contributed by atoms with Crippen molar-refractivity contribution in [2.45, 2.75) is 25.6 Å². The average Bonchev–Trinajstić information content (AvgIpc) is 2.87. The number of hydrogen-bond donors (Lipinski definition) is 1. The summed E-state index contributed by atoms with van der Waals surface area (Å²) in [5, 5.41) is 3.57. The molecule has 0 amide bonds. The summed E-state index contributed by atoms with van der Waals surface area (Å²) in [7, 11) is 0. The molecule has 0 radical (unpaired) electrons. The van der Waals surface area contributed by atoms with Crippen LogP contribution in [0.3, 0.4) is 0 Å². The number of halogens is 3. The number of rotatable bonds is 3. The predicted octanol–water partition coefficient (Wildman–Crippen LogP) is 3.30. The zero-order valence-corrected chi connectivity index (χ0v) is 10.4. The van der Waals surface area contributed by atoms with Crippen LogP contribution in [-0.2, 0) is 6.18 Å². The molecule has 19 heavy (non-hydrogen) atoms. The molecule has 0 aliphatic rings. The maximum absolute atomic E-state index is 12.5. The van der Waals surface area contributed by atoms with E-state index >= 15 is 0 Å². The van der Waals surface area contributed by atoms with Gasteiger partial charge in [0, 0.05) is 12.2 Å². The maximum atomic E-state index is 12.5. The molecule has 102 valence electrons. The van der Waals surface area contributed by atoms with Crippen molar-refractivity contribution in [3.63, 3.8) is 0 Å². The minimum Gasteiger partial charge on any atom is -0.324 e. The molecule has 3 nitrogen and oxygen atoms in total. The summed E-state index contributed by atoms with van der Waals surface area (Å²) < 4.78 is 38.8. The second kappa shape index (κ2) is 5.05. The summed E-state index contributed by atoms with van der Waals surface area (Å²) >= 11 is 0. The van der Waals surface area contributed by atoms with E-state index in [1.807, 2.05) is 13.0 Å². The Hall–Kier alpha value is -1.82. The van der Waals surface area contributed by atoms with Crippen LogP contribution >= 0.6 is 0 Å². The summed E-state index contributed by atoms with van der Waals surface area (Å²) in [6.45, 7) is 1.92. The van der Waals surface area contributed by atoms with Crippen LogP contribution < -0.4 is 5.73 Å². The highest BCUT2D eigenvalue weighted by atomic mass is 19.4. The molecule has 2 aromatic rings. The summed E-state index contributed by atoms with van der Waals surface area (Å²) in [4.78, 5) is 0. The molecule has 0 saturated carbocycles. The molecule has 0 aliphatic carbocycles. The van der Waals surface area contributed by atoms with Crippen LogP contribution in [0.4, 0.5) is 13.2 Å². The number of nitrogens with two attached hydrogens (primary N) is 1. The van der Waals surface area contributed by atoms with Gasteiger partial charge in [0.2, 0.25) is 0 Å². The lowest BCUT2D eigenvalue weighted by Gasteiger charge is -2.14. The summed E-state index contributed by atoms with van der Waals surface area (Å²) in [5.41, 5.74) is 6.41. The van der Waals surface area contributed by atoms with Gasteiger partial charge in [-0.2, -0.15) is 18.3 Å². The first-order valence-corrected chi connectivity index (χ1v) is 5.91. The fraction of sp³-hybridized carbons (Fsp3) is 0.308. The zero-order valence-electron chi connectivity index (χ0n) is 10.4. The lowest BCUT2D eigenvalue weighted by Crippen LogP contribution is -2.13. The zero-order chi connectivity index (χ0) is 14.0. The van der Waals surface area contributed by atoms with Crippen molar-refractivity contribution in [3.8, 4) is 5.69 Å². The Labute approximate surface area is 108 Å². The van der Waals surface area contributed by atoms with Crippen molar-refractivity contribution in [3.05, 3.63) is 47.8 Å². The van der Waals surface area contributed by atoms with Crippen molar-refractivity contribution in [1.29, 1.82) is 0 Å². The van der Waals surface area contributed by atoms with Crippen LogP contribution in [0.15, 0.2) is 36.5 Å². The summed E-state index contributed by atoms with van der Waals surface area (Å²) in [6, 6.07) is 7.79. The van der Waals surface area contributed by atoms with E-state index in [-0.39, 0.29) is 6.04 Å². The van der Waals surface area contributed by atoms with E-state index in [1.54, 1.807) is 18.2 Å². The van der Waals surface area contributed by atoms with Crippen molar-refractivity contribution < 1.29 is 13.2 Å². The lowest BCUT2D eigenvalue weighted by molar-refractivity contribution is -0.141. The molecular weight excluding hydrogens is 255 g/mol. The number of benzene rings is 1. The number of aromatic nitrogens is 2. The number of alkyl halides is 3. The van der Waals surface area contributed by atoms with Gasteiger partial charge >= 0.3 is 6.18 Å². The van der Waals surface area contributed by atoms with Gasteiger partial charge in [-0.15, -0.1) is 0 Å². The molecule has 1 aromatic heterocycles. The minimum atomic E-state index is -4.44. The van der Waals surface area contributed by atoms with E-state index < -0.39 is 11.9 Å². The van der Waals surface area contributed by atoms with Crippen LogP contribution in [0, 0.1) is 0 Å². The lowest BCUT2D eigenvalue weighted by atomic mass is 10.0. The van der Waals surface area contributed by atoms with E-state index in [1.165, 1.54) is 10.9 Å². The maximum Gasteiger partial charge on any atom is 0.435 e. The highest BCUT2D eigenvalue weighted by Gasteiger charge is 2.33. The normalized spacial score (nSPS) is 13.5.